The quantitative estimate of drug-likeness (QED) is 0.884. The maximum atomic E-state index is 11.7. The zero-order valence-corrected chi connectivity index (χ0v) is 13.8. The summed E-state index contributed by atoms with van der Waals surface area (Å²) in [6, 6.07) is 9.64. The van der Waals surface area contributed by atoms with Gasteiger partial charge in [-0.3, -0.25) is 0 Å². The second-order valence-electron chi connectivity index (χ2n) is 5.62. The average molecular weight is 331 g/mol. The molecule has 0 saturated carbocycles. The lowest BCUT2D eigenvalue weighted by atomic mass is 9.97. The van der Waals surface area contributed by atoms with Crippen LogP contribution in [0.2, 0.25) is 0 Å². The van der Waals surface area contributed by atoms with Crippen LogP contribution in [0.25, 0.3) is 0 Å². The maximum absolute atomic E-state index is 11.7. The van der Waals surface area contributed by atoms with Gasteiger partial charge in [-0.2, -0.15) is 0 Å². The van der Waals surface area contributed by atoms with Crippen LogP contribution in [0.15, 0.2) is 35.7 Å². The van der Waals surface area contributed by atoms with E-state index in [9.17, 15) is 4.79 Å². The van der Waals surface area contributed by atoms with Crippen LogP contribution in [0.3, 0.4) is 0 Å². The number of amides is 1. The van der Waals surface area contributed by atoms with Crippen molar-refractivity contribution >= 4 is 17.4 Å². The van der Waals surface area contributed by atoms with Crippen LogP contribution >= 0.6 is 11.3 Å². The summed E-state index contributed by atoms with van der Waals surface area (Å²) in [6.07, 6.45) is 1.97. The van der Waals surface area contributed by atoms with E-state index >= 15 is 0 Å². The summed E-state index contributed by atoms with van der Waals surface area (Å²) in [6.45, 7) is 2.79. The molecule has 0 spiro atoms. The van der Waals surface area contributed by atoms with E-state index in [1.165, 1.54) is 12.8 Å². The first-order chi connectivity index (χ1) is 11.3. The van der Waals surface area contributed by atoms with Crippen molar-refractivity contribution in [3.05, 3.63) is 52.0 Å². The molecule has 1 amide bonds. The lowest BCUT2D eigenvalue weighted by molar-refractivity contribution is 0.139. The number of ether oxygens (including phenoxy) is 1. The van der Waals surface area contributed by atoms with Gasteiger partial charge < -0.3 is 15.4 Å². The summed E-state index contributed by atoms with van der Waals surface area (Å²) in [5.74, 6) is 0.499. The van der Waals surface area contributed by atoms with Crippen LogP contribution in [0.1, 0.15) is 35.0 Å². The van der Waals surface area contributed by atoms with Crippen LogP contribution in [0.5, 0.6) is 0 Å². The van der Waals surface area contributed by atoms with E-state index in [2.05, 4.69) is 21.0 Å². The fourth-order valence-electron chi connectivity index (χ4n) is 2.62. The van der Waals surface area contributed by atoms with Crippen molar-refractivity contribution in [2.45, 2.75) is 31.9 Å². The number of nitrogens with zero attached hydrogens (tertiary/aromatic N) is 1. The molecule has 1 aromatic heterocycles. The highest BCUT2D eigenvalue weighted by atomic mass is 32.1. The van der Waals surface area contributed by atoms with E-state index < -0.39 is 6.09 Å². The molecule has 1 aliphatic heterocycles. The van der Waals surface area contributed by atoms with E-state index in [1.807, 2.05) is 30.3 Å². The Balaban J connectivity index is 1.43. The number of piperidine rings is 1. The van der Waals surface area contributed by atoms with E-state index in [1.54, 1.807) is 11.3 Å². The molecule has 1 unspecified atom stereocenters. The maximum Gasteiger partial charge on any atom is 0.407 e. The minimum absolute atomic E-state index is 0.281. The topological polar surface area (TPSA) is 63.2 Å². The van der Waals surface area contributed by atoms with Gasteiger partial charge in [0.2, 0.25) is 0 Å². The lowest BCUT2D eigenvalue weighted by Gasteiger charge is -2.20. The number of alkyl carbamates (subject to hydrolysis) is 1. The van der Waals surface area contributed by atoms with Crippen molar-refractivity contribution in [2.24, 2.45) is 0 Å². The minimum atomic E-state index is -0.412. The number of rotatable bonds is 5. The first kappa shape index (κ1) is 16.0. The summed E-state index contributed by atoms with van der Waals surface area (Å²) < 4.78 is 5.19. The summed E-state index contributed by atoms with van der Waals surface area (Å²) in [5.41, 5.74) is 2.11. The molecular formula is C17H21N3O2S. The molecule has 1 saturated heterocycles. The Kier molecular flexibility index (Phi) is 5.60. The highest BCUT2D eigenvalue weighted by Gasteiger charge is 2.18. The summed E-state index contributed by atoms with van der Waals surface area (Å²) in [4.78, 5) is 16.4. The molecule has 23 heavy (non-hydrogen) atoms. The largest absolute Gasteiger partial charge is 0.445 e. The molecule has 2 heterocycles. The van der Waals surface area contributed by atoms with Crippen LogP contribution in [0.4, 0.5) is 4.79 Å². The standard InChI is InChI=1S/C17H21N3O2S/c21-17(22-11-13-5-2-1-3-6-13)19-10-16-20-15(12-23-16)14-7-4-8-18-9-14/h1-3,5-6,12,14,18H,4,7-11H2,(H,19,21). The summed E-state index contributed by atoms with van der Waals surface area (Å²) in [5, 5.41) is 9.18. The number of benzene rings is 1. The predicted octanol–water partition coefficient (Wildman–Crippen LogP) is 3.04. The first-order valence-electron chi connectivity index (χ1n) is 7.91. The number of carbonyl (C=O) groups excluding carboxylic acids is 1. The minimum Gasteiger partial charge on any atom is -0.445 e. The third-order valence-corrected chi connectivity index (χ3v) is 4.75. The van der Waals surface area contributed by atoms with Crippen molar-refractivity contribution in [3.63, 3.8) is 0 Å². The van der Waals surface area contributed by atoms with Gasteiger partial charge in [0.05, 0.1) is 12.2 Å². The Hall–Kier alpha value is -1.92. The van der Waals surface area contributed by atoms with E-state index in [4.69, 9.17) is 4.74 Å². The first-order valence-corrected chi connectivity index (χ1v) is 8.79. The van der Waals surface area contributed by atoms with Crippen molar-refractivity contribution < 1.29 is 9.53 Å². The SMILES string of the molecule is O=C(NCc1nc(C2CCCNC2)cs1)OCc1ccccc1. The van der Waals surface area contributed by atoms with Gasteiger partial charge in [0.15, 0.2) is 0 Å². The summed E-state index contributed by atoms with van der Waals surface area (Å²) in [7, 11) is 0. The third kappa shape index (κ3) is 4.77. The van der Waals surface area contributed by atoms with E-state index in [0.29, 0.717) is 12.5 Å². The van der Waals surface area contributed by atoms with Gasteiger partial charge in [-0.1, -0.05) is 30.3 Å². The molecule has 0 aliphatic carbocycles. The van der Waals surface area contributed by atoms with Gasteiger partial charge in [-0.15, -0.1) is 11.3 Å². The summed E-state index contributed by atoms with van der Waals surface area (Å²) >= 11 is 1.59. The molecule has 1 aromatic carbocycles. The Morgan fingerprint density at radius 3 is 3.04 bits per heavy atom. The zero-order chi connectivity index (χ0) is 15.9. The Morgan fingerprint density at radius 2 is 2.26 bits per heavy atom. The number of thiazole rings is 1. The van der Waals surface area contributed by atoms with Gasteiger partial charge in [-0.05, 0) is 24.9 Å². The number of aromatic nitrogens is 1. The average Bonchev–Trinajstić information content (AvgIpc) is 3.09. The zero-order valence-electron chi connectivity index (χ0n) is 13.0. The van der Waals surface area contributed by atoms with Crippen LogP contribution in [-0.2, 0) is 17.9 Å². The van der Waals surface area contributed by atoms with Crippen molar-refractivity contribution in [2.75, 3.05) is 13.1 Å². The van der Waals surface area contributed by atoms with Crippen LogP contribution in [0, 0.1) is 0 Å². The van der Waals surface area contributed by atoms with Crippen LogP contribution < -0.4 is 10.6 Å². The van der Waals surface area contributed by atoms with Gasteiger partial charge in [0.1, 0.15) is 11.6 Å². The number of hydrogen-bond acceptors (Lipinski definition) is 5. The normalized spacial score (nSPS) is 17.7. The fraction of sp³-hybridized carbons (Fsp3) is 0.412. The second kappa shape index (κ2) is 8.08. The molecular weight excluding hydrogens is 310 g/mol. The van der Waals surface area contributed by atoms with Crippen LogP contribution in [-0.4, -0.2) is 24.2 Å². The second-order valence-corrected chi connectivity index (χ2v) is 6.57. The Bertz CT molecular complexity index is 624. The van der Waals surface area contributed by atoms with E-state index in [0.717, 1.165) is 29.4 Å². The molecule has 1 atom stereocenters. The molecule has 2 aromatic rings. The highest BCUT2D eigenvalue weighted by molar-refractivity contribution is 7.09. The Labute approximate surface area is 140 Å². The van der Waals surface area contributed by atoms with Crippen molar-refractivity contribution in [1.82, 2.24) is 15.6 Å². The monoisotopic (exact) mass is 331 g/mol. The molecule has 0 radical (unpaired) electrons. The lowest BCUT2D eigenvalue weighted by Crippen LogP contribution is -2.28. The predicted molar refractivity (Wildman–Crippen MR) is 90.4 cm³/mol. The molecule has 1 fully saturated rings. The highest BCUT2D eigenvalue weighted by Crippen LogP contribution is 2.24. The molecule has 3 rings (SSSR count). The van der Waals surface area contributed by atoms with Gasteiger partial charge in [-0.25, -0.2) is 9.78 Å². The van der Waals surface area contributed by atoms with Crippen molar-refractivity contribution in [3.8, 4) is 0 Å². The Morgan fingerprint density at radius 1 is 1.39 bits per heavy atom. The third-order valence-electron chi connectivity index (χ3n) is 3.88. The van der Waals surface area contributed by atoms with Crippen molar-refractivity contribution in [1.29, 1.82) is 0 Å². The fourth-order valence-corrected chi connectivity index (χ4v) is 3.44. The molecule has 0 bridgehead atoms. The van der Waals surface area contributed by atoms with Gasteiger partial charge in [0.25, 0.3) is 0 Å². The smallest absolute Gasteiger partial charge is 0.407 e. The molecule has 1 aliphatic rings. The van der Waals surface area contributed by atoms with Gasteiger partial charge >= 0.3 is 6.09 Å². The van der Waals surface area contributed by atoms with E-state index in [-0.39, 0.29) is 6.61 Å². The number of carbonyl (C=O) groups is 1. The number of nitrogens with one attached hydrogen (secondary N) is 2. The molecule has 2 N–H and O–H groups in total. The molecule has 5 nitrogen and oxygen atoms in total. The van der Waals surface area contributed by atoms with Gasteiger partial charge in [0, 0.05) is 17.8 Å². The molecule has 6 heteroatoms. The molecule has 122 valence electrons. The number of hydrogen-bond donors (Lipinski definition) is 2.